The van der Waals surface area contributed by atoms with E-state index >= 15 is 0 Å². The number of hydrogen-bond donors (Lipinski definition) is 0. The van der Waals surface area contributed by atoms with Crippen LogP contribution in [-0.2, 0) is 5.41 Å². The smallest absolute Gasteiger partial charge is 0.135 e. The Morgan fingerprint density at radius 1 is 0.354 bits per heavy atom. The Kier molecular flexibility index (Phi) is 8.43. The average Bonchev–Trinajstić information content (AvgIpc) is 3.99. The van der Waals surface area contributed by atoms with E-state index in [0.717, 1.165) is 61.6 Å². The third-order valence-corrected chi connectivity index (χ3v) is 14.7. The zero-order valence-electron chi connectivity index (χ0n) is 36.0. The van der Waals surface area contributed by atoms with Crippen LogP contribution in [-0.4, -0.2) is 0 Å². The van der Waals surface area contributed by atoms with Crippen LogP contribution in [0.3, 0.4) is 0 Å². The fraction of sp³-hybridized carbons (Fsp3) is 0.0492. The molecule has 0 unspecified atom stereocenters. The van der Waals surface area contributed by atoms with Crippen LogP contribution in [0.4, 0.5) is 34.1 Å². The van der Waals surface area contributed by atoms with Crippen molar-refractivity contribution in [2.75, 3.05) is 9.80 Å². The molecule has 2 aromatic heterocycles. The third kappa shape index (κ3) is 5.95. The largest absolute Gasteiger partial charge is 0.456 e. The Balaban J connectivity index is 1.11. The van der Waals surface area contributed by atoms with Crippen LogP contribution in [0, 0.1) is 0 Å². The standard InChI is InChI=1S/C61H42N2OS/c1-61(2)54-26-14-11-25-50(54)60-49-24-10-9-21-46(49)51(38-55(60)61)39-33-44(62(40-17-5-3-6-18-40)42-29-31-57-52(36-42)47-22-12-15-27-56(47)64-57)35-45(34-39)63(41-19-7-4-8-20-41)43-30-32-59-53(37-43)48-23-13-16-28-58(48)65-59/h3-38H,1-2H3. The van der Waals surface area contributed by atoms with Gasteiger partial charge in [-0.1, -0.05) is 135 Å². The fourth-order valence-corrected chi connectivity index (χ4v) is 11.6. The number of rotatable bonds is 7. The Labute approximate surface area is 381 Å². The second-order valence-electron chi connectivity index (χ2n) is 17.7. The number of anilines is 6. The molecule has 0 bridgehead atoms. The second-order valence-corrected chi connectivity index (χ2v) is 18.8. The van der Waals surface area contributed by atoms with Crippen molar-refractivity contribution < 1.29 is 4.42 Å². The van der Waals surface area contributed by atoms with Crippen LogP contribution in [0.15, 0.2) is 223 Å². The average molecular weight is 851 g/mol. The van der Waals surface area contributed by atoms with Crippen molar-refractivity contribution in [2.24, 2.45) is 0 Å². The van der Waals surface area contributed by atoms with Gasteiger partial charge < -0.3 is 14.2 Å². The molecule has 0 aliphatic heterocycles. The van der Waals surface area contributed by atoms with Gasteiger partial charge in [0.05, 0.1) is 0 Å². The SMILES string of the molecule is CC1(C)c2ccccc2-c2c1cc(-c1cc(N(c3ccccc3)c3ccc4oc5ccccc5c4c3)cc(N(c3ccccc3)c3ccc4sc5ccccc5c4c3)c1)c1ccccc21. The van der Waals surface area contributed by atoms with Crippen molar-refractivity contribution in [1.29, 1.82) is 0 Å². The van der Waals surface area contributed by atoms with Crippen LogP contribution in [0.1, 0.15) is 25.0 Å². The van der Waals surface area contributed by atoms with Crippen LogP contribution < -0.4 is 9.80 Å². The molecule has 1 aliphatic rings. The lowest BCUT2D eigenvalue weighted by Crippen LogP contribution is -2.15. The van der Waals surface area contributed by atoms with Crippen molar-refractivity contribution in [1.82, 2.24) is 0 Å². The van der Waals surface area contributed by atoms with Crippen LogP contribution in [0.2, 0.25) is 0 Å². The number of benzene rings is 10. The summed E-state index contributed by atoms with van der Waals surface area (Å²) in [5, 5.41) is 7.24. The maximum atomic E-state index is 6.37. The van der Waals surface area contributed by atoms with Gasteiger partial charge in [0, 0.05) is 70.5 Å². The summed E-state index contributed by atoms with van der Waals surface area (Å²) in [6.45, 7) is 4.76. The fourth-order valence-electron chi connectivity index (χ4n) is 10.6. The lowest BCUT2D eigenvalue weighted by atomic mass is 9.80. The molecule has 0 spiro atoms. The van der Waals surface area contributed by atoms with Gasteiger partial charge in [-0.3, -0.25) is 0 Å². The minimum atomic E-state index is -0.182. The van der Waals surface area contributed by atoms with Crippen molar-refractivity contribution in [3.8, 4) is 22.3 Å². The highest BCUT2D eigenvalue weighted by atomic mass is 32.1. The molecule has 0 saturated carbocycles. The first-order valence-corrected chi connectivity index (χ1v) is 23.1. The van der Waals surface area contributed by atoms with Gasteiger partial charge in [-0.15, -0.1) is 11.3 Å². The molecule has 13 rings (SSSR count). The predicted octanol–water partition coefficient (Wildman–Crippen LogP) is 18.0. The van der Waals surface area contributed by atoms with E-state index in [-0.39, 0.29) is 5.41 Å². The summed E-state index contributed by atoms with van der Waals surface area (Å²) in [6.07, 6.45) is 0. The summed E-state index contributed by atoms with van der Waals surface area (Å²) in [5.41, 5.74) is 15.7. The van der Waals surface area contributed by atoms with Gasteiger partial charge in [0.15, 0.2) is 0 Å². The third-order valence-electron chi connectivity index (χ3n) is 13.6. The molecule has 308 valence electrons. The lowest BCUT2D eigenvalue weighted by Gasteiger charge is -2.31. The van der Waals surface area contributed by atoms with Crippen molar-refractivity contribution in [2.45, 2.75) is 19.3 Å². The Hall–Kier alpha value is -7.92. The van der Waals surface area contributed by atoms with E-state index in [9.17, 15) is 0 Å². The number of furan rings is 1. The molecular formula is C61H42N2OS. The Bertz CT molecular complexity index is 3650. The van der Waals surface area contributed by atoms with Gasteiger partial charge in [0.2, 0.25) is 0 Å². The van der Waals surface area contributed by atoms with E-state index in [1.165, 1.54) is 58.8 Å². The van der Waals surface area contributed by atoms with E-state index in [1.54, 1.807) is 0 Å². The van der Waals surface area contributed by atoms with E-state index < -0.39 is 0 Å². The van der Waals surface area contributed by atoms with Crippen molar-refractivity contribution in [3.05, 3.63) is 230 Å². The first-order chi connectivity index (χ1) is 32.0. The minimum absolute atomic E-state index is 0.182. The molecule has 0 N–H and O–H groups in total. The van der Waals surface area contributed by atoms with Gasteiger partial charge in [-0.25, -0.2) is 0 Å². The van der Waals surface area contributed by atoms with Crippen molar-refractivity contribution >= 4 is 98.3 Å². The molecule has 2 heterocycles. The number of fused-ring (bicyclic) bond motifs is 11. The summed E-state index contributed by atoms with van der Waals surface area (Å²) in [6, 6.07) is 79.9. The zero-order valence-corrected chi connectivity index (χ0v) is 36.8. The van der Waals surface area contributed by atoms with Gasteiger partial charge in [-0.2, -0.15) is 0 Å². The summed E-state index contributed by atoms with van der Waals surface area (Å²) < 4.78 is 8.95. The highest BCUT2D eigenvalue weighted by molar-refractivity contribution is 7.25. The number of thiophene rings is 1. The molecule has 1 aliphatic carbocycles. The quantitative estimate of drug-likeness (QED) is 0.159. The van der Waals surface area contributed by atoms with E-state index in [4.69, 9.17) is 4.42 Å². The van der Waals surface area contributed by atoms with E-state index in [2.05, 4.69) is 236 Å². The van der Waals surface area contributed by atoms with Gasteiger partial charge in [-0.05, 0) is 141 Å². The zero-order chi connectivity index (χ0) is 43.2. The molecule has 0 atom stereocenters. The van der Waals surface area contributed by atoms with Gasteiger partial charge in [0.1, 0.15) is 11.2 Å². The molecule has 4 heteroatoms. The maximum absolute atomic E-state index is 6.37. The summed E-state index contributed by atoms with van der Waals surface area (Å²) in [5.74, 6) is 0. The number of para-hydroxylation sites is 3. The molecule has 0 amide bonds. The topological polar surface area (TPSA) is 19.6 Å². The van der Waals surface area contributed by atoms with E-state index in [1.807, 2.05) is 17.4 Å². The summed E-state index contributed by atoms with van der Waals surface area (Å²) in [4.78, 5) is 4.84. The summed E-state index contributed by atoms with van der Waals surface area (Å²) in [7, 11) is 0. The molecule has 10 aromatic carbocycles. The molecule has 65 heavy (non-hydrogen) atoms. The molecule has 0 fully saturated rings. The molecule has 0 saturated heterocycles. The lowest BCUT2D eigenvalue weighted by molar-refractivity contribution is 0.661. The molecule has 0 radical (unpaired) electrons. The van der Waals surface area contributed by atoms with Crippen molar-refractivity contribution in [3.63, 3.8) is 0 Å². The maximum Gasteiger partial charge on any atom is 0.135 e. The Morgan fingerprint density at radius 2 is 0.908 bits per heavy atom. The van der Waals surface area contributed by atoms with Gasteiger partial charge in [0.25, 0.3) is 0 Å². The monoisotopic (exact) mass is 850 g/mol. The predicted molar refractivity (Wildman–Crippen MR) is 276 cm³/mol. The van der Waals surface area contributed by atoms with E-state index in [0.29, 0.717) is 0 Å². The molecule has 12 aromatic rings. The minimum Gasteiger partial charge on any atom is -0.456 e. The van der Waals surface area contributed by atoms with Gasteiger partial charge >= 0.3 is 0 Å². The van der Waals surface area contributed by atoms with Crippen LogP contribution in [0.5, 0.6) is 0 Å². The number of hydrogen-bond acceptors (Lipinski definition) is 4. The first kappa shape index (κ1) is 37.6. The Morgan fingerprint density at radius 3 is 1.65 bits per heavy atom. The number of nitrogens with zero attached hydrogens (tertiary/aromatic N) is 2. The summed E-state index contributed by atoms with van der Waals surface area (Å²) >= 11 is 1.85. The van der Waals surface area contributed by atoms with Crippen LogP contribution in [0.25, 0.3) is 75.1 Å². The van der Waals surface area contributed by atoms with Crippen LogP contribution >= 0.6 is 11.3 Å². The highest BCUT2D eigenvalue weighted by Crippen LogP contribution is 2.54. The second kappa shape index (κ2) is 14.6. The molecule has 3 nitrogen and oxygen atoms in total. The molecular weight excluding hydrogens is 809 g/mol. The first-order valence-electron chi connectivity index (χ1n) is 22.3. The highest BCUT2D eigenvalue weighted by Gasteiger charge is 2.37. The normalized spacial score (nSPS) is 12.9.